The van der Waals surface area contributed by atoms with Gasteiger partial charge in [-0.2, -0.15) is 0 Å². The van der Waals surface area contributed by atoms with Crippen LogP contribution >= 0.6 is 0 Å². The number of morpholine rings is 1. The summed E-state index contributed by atoms with van der Waals surface area (Å²) in [7, 11) is 0. The summed E-state index contributed by atoms with van der Waals surface area (Å²) < 4.78 is 10.9. The molecule has 2 aliphatic heterocycles. The first-order valence-corrected chi connectivity index (χ1v) is 11.0. The van der Waals surface area contributed by atoms with Crippen molar-refractivity contribution in [3.8, 4) is 0 Å². The smallest absolute Gasteiger partial charge is 0.410 e. The standard InChI is InChI=1S/C23H35N3O4/c1-23(2,3)30-22(28)26-11-7-10-19(16-26)21(27)24-20(18-8-5-4-6-9-18)17-25-12-14-29-15-13-25/h4-6,8-9,19-20H,7,10-17H2,1-3H3,(H,24,27). The monoisotopic (exact) mass is 417 g/mol. The first kappa shape index (κ1) is 22.6. The number of carbonyl (C=O) groups excluding carboxylic acids is 2. The van der Waals surface area contributed by atoms with Crippen molar-refractivity contribution < 1.29 is 19.1 Å². The van der Waals surface area contributed by atoms with Crippen molar-refractivity contribution in [1.82, 2.24) is 15.1 Å². The zero-order valence-electron chi connectivity index (χ0n) is 18.4. The Morgan fingerprint density at radius 2 is 1.87 bits per heavy atom. The Balaban J connectivity index is 1.63. The van der Waals surface area contributed by atoms with E-state index in [4.69, 9.17) is 9.47 Å². The average molecular weight is 418 g/mol. The van der Waals surface area contributed by atoms with Crippen molar-refractivity contribution in [1.29, 1.82) is 0 Å². The summed E-state index contributed by atoms with van der Waals surface area (Å²) >= 11 is 0. The molecule has 0 radical (unpaired) electrons. The molecule has 1 N–H and O–H groups in total. The van der Waals surface area contributed by atoms with Gasteiger partial charge in [-0.1, -0.05) is 30.3 Å². The number of carbonyl (C=O) groups is 2. The third-order valence-electron chi connectivity index (χ3n) is 5.51. The largest absolute Gasteiger partial charge is 0.444 e. The minimum Gasteiger partial charge on any atom is -0.444 e. The lowest BCUT2D eigenvalue weighted by molar-refractivity contribution is -0.127. The number of piperidine rings is 1. The summed E-state index contributed by atoms with van der Waals surface area (Å²) in [4.78, 5) is 29.6. The van der Waals surface area contributed by atoms with Gasteiger partial charge in [0.25, 0.3) is 0 Å². The van der Waals surface area contributed by atoms with E-state index in [1.807, 2.05) is 39.0 Å². The first-order valence-electron chi connectivity index (χ1n) is 11.0. The second-order valence-corrected chi connectivity index (χ2v) is 9.15. The predicted octanol–water partition coefficient (Wildman–Crippen LogP) is 2.82. The van der Waals surface area contributed by atoms with Crippen molar-refractivity contribution in [2.75, 3.05) is 45.9 Å². The lowest BCUT2D eigenvalue weighted by Crippen LogP contribution is -2.49. The summed E-state index contributed by atoms with van der Waals surface area (Å²) in [6, 6.07) is 10.0. The van der Waals surface area contributed by atoms with Gasteiger partial charge in [-0.05, 0) is 39.2 Å². The quantitative estimate of drug-likeness (QED) is 0.798. The Morgan fingerprint density at radius 1 is 1.17 bits per heavy atom. The van der Waals surface area contributed by atoms with Gasteiger partial charge in [0.15, 0.2) is 0 Å². The Hall–Kier alpha value is -2.12. The van der Waals surface area contributed by atoms with Crippen LogP contribution in [0.5, 0.6) is 0 Å². The molecule has 0 aromatic heterocycles. The molecule has 0 aliphatic carbocycles. The van der Waals surface area contributed by atoms with Crippen molar-refractivity contribution >= 4 is 12.0 Å². The molecule has 166 valence electrons. The fourth-order valence-electron chi connectivity index (χ4n) is 3.93. The van der Waals surface area contributed by atoms with Crippen LogP contribution in [0, 0.1) is 5.92 Å². The molecule has 1 aromatic carbocycles. The second kappa shape index (κ2) is 10.3. The van der Waals surface area contributed by atoms with Crippen LogP contribution in [0.3, 0.4) is 0 Å². The zero-order valence-corrected chi connectivity index (χ0v) is 18.4. The van der Waals surface area contributed by atoms with Gasteiger partial charge in [0.05, 0.1) is 25.2 Å². The highest BCUT2D eigenvalue weighted by atomic mass is 16.6. The van der Waals surface area contributed by atoms with E-state index in [1.165, 1.54) is 0 Å². The molecular formula is C23H35N3O4. The number of likely N-dealkylation sites (tertiary alicyclic amines) is 1. The van der Waals surface area contributed by atoms with Gasteiger partial charge >= 0.3 is 6.09 Å². The van der Waals surface area contributed by atoms with Gasteiger partial charge in [0, 0.05) is 32.7 Å². The van der Waals surface area contributed by atoms with Gasteiger partial charge in [-0.25, -0.2) is 4.79 Å². The average Bonchev–Trinajstić information content (AvgIpc) is 2.73. The van der Waals surface area contributed by atoms with Crippen LogP contribution in [-0.4, -0.2) is 73.3 Å². The highest BCUT2D eigenvalue weighted by Gasteiger charge is 2.32. The van der Waals surface area contributed by atoms with E-state index in [-0.39, 0.29) is 24.0 Å². The van der Waals surface area contributed by atoms with E-state index < -0.39 is 5.60 Å². The van der Waals surface area contributed by atoms with Crippen molar-refractivity contribution in [2.45, 2.75) is 45.3 Å². The van der Waals surface area contributed by atoms with Crippen LogP contribution in [0.15, 0.2) is 30.3 Å². The number of nitrogens with one attached hydrogen (secondary N) is 1. The molecule has 2 unspecified atom stereocenters. The lowest BCUT2D eigenvalue weighted by Gasteiger charge is -2.35. The number of nitrogens with zero attached hydrogens (tertiary/aromatic N) is 2. The maximum atomic E-state index is 13.1. The van der Waals surface area contributed by atoms with Gasteiger partial charge in [-0.15, -0.1) is 0 Å². The third kappa shape index (κ3) is 6.71. The van der Waals surface area contributed by atoms with E-state index in [1.54, 1.807) is 4.90 Å². The SMILES string of the molecule is CC(C)(C)OC(=O)N1CCCC(C(=O)NC(CN2CCOCC2)c2ccccc2)C1. The normalized spacial score (nSPS) is 21.7. The number of hydrogen-bond acceptors (Lipinski definition) is 5. The van der Waals surface area contributed by atoms with Crippen LogP contribution in [0.4, 0.5) is 4.79 Å². The zero-order chi connectivity index (χ0) is 21.6. The second-order valence-electron chi connectivity index (χ2n) is 9.15. The maximum absolute atomic E-state index is 13.1. The maximum Gasteiger partial charge on any atom is 0.410 e. The molecule has 7 heteroatoms. The molecule has 7 nitrogen and oxygen atoms in total. The molecule has 2 atom stereocenters. The molecule has 3 rings (SSSR count). The van der Waals surface area contributed by atoms with Gasteiger partial charge < -0.3 is 19.7 Å². The fraction of sp³-hybridized carbons (Fsp3) is 0.652. The molecule has 2 heterocycles. The topological polar surface area (TPSA) is 71.1 Å². The Labute approximate surface area is 179 Å². The Morgan fingerprint density at radius 3 is 2.53 bits per heavy atom. The highest BCUT2D eigenvalue weighted by Crippen LogP contribution is 2.22. The molecule has 0 saturated carbocycles. The highest BCUT2D eigenvalue weighted by molar-refractivity contribution is 5.80. The molecule has 30 heavy (non-hydrogen) atoms. The molecular weight excluding hydrogens is 382 g/mol. The number of rotatable bonds is 5. The van der Waals surface area contributed by atoms with E-state index in [0.717, 1.165) is 51.3 Å². The van der Waals surface area contributed by atoms with E-state index in [2.05, 4.69) is 22.3 Å². The lowest BCUT2D eigenvalue weighted by atomic mass is 9.96. The van der Waals surface area contributed by atoms with Gasteiger partial charge in [0.1, 0.15) is 5.60 Å². The van der Waals surface area contributed by atoms with Crippen molar-refractivity contribution in [3.63, 3.8) is 0 Å². The molecule has 0 bridgehead atoms. The summed E-state index contributed by atoms with van der Waals surface area (Å²) in [5.74, 6) is -0.215. The van der Waals surface area contributed by atoms with Crippen LogP contribution < -0.4 is 5.32 Å². The van der Waals surface area contributed by atoms with Crippen LogP contribution in [0.1, 0.15) is 45.2 Å². The predicted molar refractivity (Wildman–Crippen MR) is 115 cm³/mol. The Bertz CT molecular complexity index is 698. The summed E-state index contributed by atoms with van der Waals surface area (Å²) in [5, 5.41) is 3.26. The van der Waals surface area contributed by atoms with Crippen LogP contribution in [0.2, 0.25) is 0 Å². The molecule has 0 spiro atoms. The van der Waals surface area contributed by atoms with E-state index in [9.17, 15) is 9.59 Å². The summed E-state index contributed by atoms with van der Waals surface area (Å²) in [5.41, 5.74) is 0.556. The minimum atomic E-state index is -0.539. The van der Waals surface area contributed by atoms with Crippen LogP contribution in [0.25, 0.3) is 0 Å². The first-order chi connectivity index (χ1) is 14.3. The molecule has 1 aromatic rings. The molecule has 2 amide bonds. The van der Waals surface area contributed by atoms with E-state index >= 15 is 0 Å². The number of hydrogen-bond donors (Lipinski definition) is 1. The fourth-order valence-corrected chi connectivity index (χ4v) is 3.93. The summed E-state index contributed by atoms with van der Waals surface area (Å²) in [6.07, 6.45) is 1.24. The van der Waals surface area contributed by atoms with Gasteiger partial charge in [-0.3, -0.25) is 9.69 Å². The van der Waals surface area contributed by atoms with Crippen molar-refractivity contribution in [3.05, 3.63) is 35.9 Å². The van der Waals surface area contributed by atoms with Crippen LogP contribution in [-0.2, 0) is 14.3 Å². The molecule has 2 saturated heterocycles. The van der Waals surface area contributed by atoms with Gasteiger partial charge in [0.2, 0.25) is 5.91 Å². The molecule has 2 fully saturated rings. The third-order valence-corrected chi connectivity index (χ3v) is 5.51. The number of benzene rings is 1. The minimum absolute atomic E-state index is 0.00497. The molecule has 2 aliphatic rings. The summed E-state index contributed by atoms with van der Waals surface area (Å²) in [6.45, 7) is 10.5. The van der Waals surface area contributed by atoms with Crippen molar-refractivity contribution in [2.24, 2.45) is 5.92 Å². The van der Waals surface area contributed by atoms with E-state index in [0.29, 0.717) is 13.1 Å². The number of amides is 2. The number of ether oxygens (including phenoxy) is 2. The Kier molecular flexibility index (Phi) is 7.72.